The van der Waals surface area contributed by atoms with Crippen LogP contribution in [-0.2, 0) is 19.5 Å². The molecular formula is C25H27ClN2O3. The van der Waals surface area contributed by atoms with Crippen LogP contribution in [0.1, 0.15) is 32.9 Å². The Morgan fingerprint density at radius 3 is 2.52 bits per heavy atom. The molecule has 3 aromatic rings. The molecule has 0 unspecified atom stereocenters. The lowest BCUT2D eigenvalue weighted by Gasteiger charge is -2.16. The quantitative estimate of drug-likeness (QED) is 0.462. The molecule has 0 fully saturated rings. The van der Waals surface area contributed by atoms with E-state index in [9.17, 15) is 4.79 Å². The van der Waals surface area contributed by atoms with Crippen molar-refractivity contribution >= 4 is 17.4 Å². The number of ketones is 1. The van der Waals surface area contributed by atoms with E-state index < -0.39 is 0 Å². The summed E-state index contributed by atoms with van der Waals surface area (Å²) in [7, 11) is 1.96. The molecule has 0 aliphatic carbocycles. The van der Waals surface area contributed by atoms with Crippen LogP contribution >= 0.6 is 11.6 Å². The van der Waals surface area contributed by atoms with Gasteiger partial charge in [-0.2, -0.15) is 0 Å². The van der Waals surface area contributed by atoms with Gasteiger partial charge in [0.15, 0.2) is 17.3 Å². The molecule has 0 saturated carbocycles. The first-order valence-corrected chi connectivity index (χ1v) is 10.8. The predicted octanol–water partition coefficient (Wildman–Crippen LogP) is 5.04. The van der Waals surface area contributed by atoms with Gasteiger partial charge in [0.25, 0.3) is 0 Å². The van der Waals surface area contributed by atoms with E-state index >= 15 is 0 Å². The van der Waals surface area contributed by atoms with Gasteiger partial charge in [0.05, 0.1) is 6.54 Å². The van der Waals surface area contributed by atoms with Crippen molar-refractivity contribution in [3.8, 4) is 11.5 Å². The monoisotopic (exact) mass is 438 g/mol. The van der Waals surface area contributed by atoms with Crippen molar-refractivity contribution in [3.63, 3.8) is 0 Å². The molecule has 162 valence electrons. The molecule has 1 aliphatic heterocycles. The molecule has 6 heteroatoms. The number of halogens is 1. The number of nitrogens with zero attached hydrogens (tertiary/aromatic N) is 2. The Bertz CT molecular complexity index is 1090. The summed E-state index contributed by atoms with van der Waals surface area (Å²) in [6.45, 7) is 6.20. The van der Waals surface area contributed by atoms with E-state index in [-0.39, 0.29) is 12.6 Å². The highest BCUT2D eigenvalue weighted by Crippen LogP contribution is 2.32. The number of ether oxygens (including phenoxy) is 2. The largest absolute Gasteiger partial charge is 0.454 e. The van der Waals surface area contributed by atoms with Crippen LogP contribution in [0.5, 0.6) is 11.5 Å². The Morgan fingerprint density at radius 2 is 1.74 bits per heavy atom. The number of fused-ring (bicyclic) bond motifs is 1. The van der Waals surface area contributed by atoms with Gasteiger partial charge in [0.2, 0.25) is 6.79 Å². The van der Waals surface area contributed by atoms with E-state index in [4.69, 9.17) is 21.1 Å². The van der Waals surface area contributed by atoms with Gasteiger partial charge in [-0.05, 0) is 68.8 Å². The minimum atomic E-state index is 0.133. The van der Waals surface area contributed by atoms with Gasteiger partial charge in [-0.15, -0.1) is 0 Å². The number of hydrogen-bond acceptors (Lipinski definition) is 4. The molecule has 0 bridgehead atoms. The number of rotatable bonds is 8. The van der Waals surface area contributed by atoms with Crippen LogP contribution in [0.3, 0.4) is 0 Å². The van der Waals surface area contributed by atoms with Crippen LogP contribution < -0.4 is 9.47 Å². The lowest BCUT2D eigenvalue weighted by molar-refractivity contribution is 0.0942. The first-order valence-electron chi connectivity index (χ1n) is 10.4. The number of hydrogen-bond donors (Lipinski definition) is 0. The van der Waals surface area contributed by atoms with Crippen molar-refractivity contribution in [2.24, 2.45) is 0 Å². The zero-order chi connectivity index (χ0) is 22.0. The van der Waals surface area contributed by atoms with Crippen LogP contribution in [-0.4, -0.2) is 35.6 Å². The summed E-state index contributed by atoms with van der Waals surface area (Å²) in [5.74, 6) is 1.67. The van der Waals surface area contributed by atoms with E-state index in [2.05, 4.69) is 11.5 Å². The topological polar surface area (TPSA) is 43.7 Å². The molecule has 0 N–H and O–H groups in total. The number of aromatic nitrogens is 1. The van der Waals surface area contributed by atoms with Crippen LogP contribution in [0, 0.1) is 13.8 Å². The van der Waals surface area contributed by atoms with E-state index in [1.165, 1.54) is 5.56 Å². The molecule has 0 radical (unpaired) electrons. The highest BCUT2D eigenvalue weighted by Gasteiger charge is 2.18. The maximum absolute atomic E-state index is 13.0. The second kappa shape index (κ2) is 9.16. The number of carbonyl (C=O) groups is 1. The van der Waals surface area contributed by atoms with Crippen LogP contribution in [0.4, 0.5) is 0 Å². The van der Waals surface area contributed by atoms with Gasteiger partial charge in [-0.25, -0.2) is 0 Å². The van der Waals surface area contributed by atoms with Gasteiger partial charge >= 0.3 is 0 Å². The van der Waals surface area contributed by atoms with Gasteiger partial charge in [0.1, 0.15) is 0 Å². The minimum Gasteiger partial charge on any atom is -0.454 e. The molecule has 0 spiro atoms. The van der Waals surface area contributed by atoms with Crippen molar-refractivity contribution in [2.75, 3.05) is 20.4 Å². The molecule has 0 saturated heterocycles. The number of carbonyl (C=O) groups excluding carboxylic acids is 1. The first-order chi connectivity index (χ1) is 14.9. The zero-order valence-electron chi connectivity index (χ0n) is 18.2. The first kappa shape index (κ1) is 21.5. The predicted molar refractivity (Wildman–Crippen MR) is 122 cm³/mol. The summed E-state index contributed by atoms with van der Waals surface area (Å²) in [5, 5.41) is 0.745. The minimum absolute atomic E-state index is 0.133. The summed E-state index contributed by atoms with van der Waals surface area (Å²) in [4.78, 5) is 15.0. The summed E-state index contributed by atoms with van der Waals surface area (Å²) >= 11 is 5.98. The lowest BCUT2D eigenvalue weighted by atomic mass is 10.1. The van der Waals surface area contributed by atoms with Crippen molar-refractivity contribution in [2.45, 2.75) is 33.4 Å². The third-order valence-electron chi connectivity index (χ3n) is 5.71. The van der Waals surface area contributed by atoms with Crippen molar-refractivity contribution in [1.82, 2.24) is 9.47 Å². The lowest BCUT2D eigenvalue weighted by Crippen LogP contribution is -2.26. The molecule has 4 rings (SSSR count). The van der Waals surface area contributed by atoms with Crippen LogP contribution in [0.2, 0.25) is 5.02 Å². The molecule has 2 heterocycles. The van der Waals surface area contributed by atoms with Gasteiger partial charge in [-0.3, -0.25) is 9.69 Å². The SMILES string of the molecule is Cc1cc(C(=O)CN(C)Cc2ccc3c(c2)OCO3)c(C)n1CCc1ccc(Cl)cc1. The van der Waals surface area contributed by atoms with Gasteiger partial charge in [-0.1, -0.05) is 29.8 Å². The summed E-state index contributed by atoms with van der Waals surface area (Å²) in [5.41, 5.74) is 5.24. The molecule has 0 amide bonds. The molecule has 31 heavy (non-hydrogen) atoms. The Balaban J connectivity index is 1.38. The highest BCUT2D eigenvalue weighted by molar-refractivity contribution is 6.30. The summed E-state index contributed by atoms with van der Waals surface area (Å²) < 4.78 is 13.0. The molecule has 1 aromatic heterocycles. The molecule has 0 atom stereocenters. The number of Topliss-reactive ketones (excluding diaryl/α,β-unsaturated/α-hetero) is 1. The normalized spacial score (nSPS) is 12.5. The number of benzene rings is 2. The Labute approximate surface area is 188 Å². The molecule has 1 aliphatic rings. The maximum Gasteiger partial charge on any atom is 0.231 e. The van der Waals surface area contributed by atoms with Gasteiger partial charge < -0.3 is 14.0 Å². The standard InChI is InChI=1S/C25H27ClN2O3/c1-17-12-22(18(2)28(17)11-10-19-4-7-21(26)8-5-19)23(29)15-27(3)14-20-6-9-24-25(13-20)31-16-30-24/h4-9,12-13H,10-11,14-16H2,1-3H3. The van der Waals surface area contributed by atoms with E-state index in [1.54, 1.807) is 0 Å². The fourth-order valence-corrected chi connectivity index (χ4v) is 4.18. The average molecular weight is 439 g/mol. The van der Waals surface area contributed by atoms with Crippen molar-refractivity contribution in [1.29, 1.82) is 0 Å². The fourth-order valence-electron chi connectivity index (χ4n) is 4.06. The van der Waals surface area contributed by atoms with Crippen LogP contribution in [0.15, 0.2) is 48.5 Å². The number of likely N-dealkylation sites (N-methyl/N-ethyl adjacent to an activating group) is 1. The second-order valence-electron chi connectivity index (χ2n) is 8.10. The zero-order valence-corrected chi connectivity index (χ0v) is 18.9. The van der Waals surface area contributed by atoms with Gasteiger partial charge in [0, 0.05) is 35.1 Å². The summed E-state index contributed by atoms with van der Waals surface area (Å²) in [6.07, 6.45) is 0.894. The maximum atomic E-state index is 13.0. The number of aryl methyl sites for hydroxylation is 2. The Morgan fingerprint density at radius 1 is 1.03 bits per heavy atom. The van der Waals surface area contributed by atoms with E-state index in [1.807, 2.05) is 67.4 Å². The van der Waals surface area contributed by atoms with Crippen LogP contribution in [0.25, 0.3) is 0 Å². The summed E-state index contributed by atoms with van der Waals surface area (Å²) in [6, 6.07) is 15.8. The third-order valence-corrected chi connectivity index (χ3v) is 5.97. The third kappa shape index (κ3) is 4.94. The Kier molecular flexibility index (Phi) is 6.35. The molecule has 5 nitrogen and oxygen atoms in total. The Hall–Kier alpha value is -2.76. The fraction of sp³-hybridized carbons (Fsp3) is 0.320. The smallest absolute Gasteiger partial charge is 0.231 e. The van der Waals surface area contributed by atoms with E-state index in [0.29, 0.717) is 13.1 Å². The van der Waals surface area contributed by atoms with Crippen molar-refractivity contribution in [3.05, 3.63) is 81.6 Å². The molecular weight excluding hydrogens is 412 g/mol. The highest BCUT2D eigenvalue weighted by atomic mass is 35.5. The average Bonchev–Trinajstić information content (AvgIpc) is 3.31. The van der Waals surface area contributed by atoms with Crippen molar-refractivity contribution < 1.29 is 14.3 Å². The van der Waals surface area contributed by atoms with E-state index in [0.717, 1.165) is 52.0 Å². The molecule has 2 aromatic carbocycles. The second-order valence-corrected chi connectivity index (χ2v) is 8.53.